The minimum atomic E-state index is -0.428. The molecule has 4 nitrogen and oxygen atoms in total. The number of carbonyl (C=O) groups is 1. The Kier molecular flexibility index (Phi) is 9.29. The van der Waals surface area contributed by atoms with Gasteiger partial charge in [0.15, 0.2) is 0 Å². The van der Waals surface area contributed by atoms with Crippen LogP contribution in [0.3, 0.4) is 0 Å². The first kappa shape index (κ1) is 27.8. The highest BCUT2D eigenvalue weighted by molar-refractivity contribution is 5.86. The van der Waals surface area contributed by atoms with E-state index in [2.05, 4.69) is 6.58 Å². The van der Waals surface area contributed by atoms with Gasteiger partial charge in [0.1, 0.15) is 24.8 Å². The van der Waals surface area contributed by atoms with Crippen LogP contribution in [0.25, 0.3) is 33.4 Å². The minimum Gasteiger partial charge on any atom is -0.490 e. The van der Waals surface area contributed by atoms with Gasteiger partial charge in [0.05, 0.1) is 0 Å². The zero-order valence-corrected chi connectivity index (χ0v) is 22.4. The summed E-state index contributed by atoms with van der Waals surface area (Å²) >= 11 is 0. The lowest BCUT2D eigenvalue weighted by molar-refractivity contribution is -0.139. The van der Waals surface area contributed by atoms with E-state index >= 15 is 4.39 Å². The molecule has 0 aliphatic carbocycles. The van der Waals surface area contributed by atoms with Crippen LogP contribution >= 0.6 is 0 Å². The summed E-state index contributed by atoms with van der Waals surface area (Å²) in [5.74, 6) is 0.0265. The average Bonchev–Trinajstić information content (AvgIpc) is 2.95. The molecule has 200 valence electrons. The molecule has 4 aromatic rings. The second-order valence-corrected chi connectivity index (χ2v) is 9.54. The molecule has 0 spiro atoms. The molecule has 0 aromatic heterocycles. The highest BCUT2D eigenvalue weighted by atomic mass is 19.1. The summed E-state index contributed by atoms with van der Waals surface area (Å²) in [6.45, 7) is 7.70. The van der Waals surface area contributed by atoms with Crippen LogP contribution in [-0.2, 0) is 16.0 Å². The van der Waals surface area contributed by atoms with E-state index in [0.717, 1.165) is 57.5 Å². The Balaban J connectivity index is 1.44. The highest BCUT2D eigenvalue weighted by Crippen LogP contribution is 2.31. The molecule has 0 atom stereocenters. The number of carbonyl (C=O) groups excluding carboxylic acids is 1. The lowest BCUT2D eigenvalue weighted by Gasteiger charge is -2.12. The molecule has 0 heterocycles. The average molecular weight is 525 g/mol. The van der Waals surface area contributed by atoms with E-state index < -0.39 is 5.97 Å². The van der Waals surface area contributed by atoms with Gasteiger partial charge in [-0.25, -0.2) is 9.18 Å². The molecule has 39 heavy (non-hydrogen) atoms. The molecular weight excluding hydrogens is 491 g/mol. The van der Waals surface area contributed by atoms with E-state index in [1.165, 1.54) is 0 Å². The number of aryl methyl sites for hydroxylation is 2. The van der Waals surface area contributed by atoms with Crippen LogP contribution in [0.1, 0.15) is 24.5 Å². The lowest BCUT2D eigenvalue weighted by Crippen LogP contribution is -2.12. The Bertz CT molecular complexity index is 1440. The van der Waals surface area contributed by atoms with Gasteiger partial charge in [-0.2, -0.15) is 0 Å². The van der Waals surface area contributed by atoms with Crippen molar-refractivity contribution in [1.29, 1.82) is 0 Å². The fraction of sp³-hybridized carbons (Fsp3) is 0.206. The van der Waals surface area contributed by atoms with Gasteiger partial charge in [-0.1, -0.05) is 79.4 Å². The molecule has 0 saturated heterocycles. The summed E-state index contributed by atoms with van der Waals surface area (Å²) < 4.78 is 26.0. The van der Waals surface area contributed by atoms with E-state index in [-0.39, 0.29) is 25.6 Å². The van der Waals surface area contributed by atoms with Crippen molar-refractivity contribution in [2.45, 2.75) is 26.7 Å². The third-order valence-corrected chi connectivity index (χ3v) is 6.52. The molecule has 5 heteroatoms. The molecule has 0 amide bonds. The van der Waals surface area contributed by atoms with E-state index in [1.54, 1.807) is 13.0 Å². The number of hydrogen-bond acceptors (Lipinski definition) is 4. The van der Waals surface area contributed by atoms with Crippen LogP contribution in [0, 0.1) is 12.7 Å². The molecular formula is C34H33FO4. The smallest absolute Gasteiger partial charge is 0.333 e. The fourth-order valence-electron chi connectivity index (χ4n) is 4.26. The topological polar surface area (TPSA) is 55.8 Å². The summed E-state index contributed by atoms with van der Waals surface area (Å²) in [7, 11) is 0. The molecule has 0 radical (unpaired) electrons. The third kappa shape index (κ3) is 7.21. The maximum absolute atomic E-state index is 15.1. The van der Waals surface area contributed by atoms with Crippen molar-refractivity contribution in [1.82, 2.24) is 0 Å². The maximum Gasteiger partial charge on any atom is 0.333 e. The first-order chi connectivity index (χ1) is 18.9. The zero-order chi connectivity index (χ0) is 27.8. The maximum atomic E-state index is 15.1. The predicted molar refractivity (Wildman–Crippen MR) is 154 cm³/mol. The van der Waals surface area contributed by atoms with Crippen LogP contribution in [0.2, 0.25) is 0 Å². The number of ether oxygens (including phenoxy) is 2. The van der Waals surface area contributed by atoms with Crippen molar-refractivity contribution in [2.75, 3.05) is 19.8 Å². The van der Waals surface area contributed by atoms with Crippen LogP contribution in [0.15, 0.2) is 97.1 Å². The van der Waals surface area contributed by atoms with Gasteiger partial charge in [0, 0.05) is 17.7 Å². The number of benzene rings is 4. The number of halogens is 1. The van der Waals surface area contributed by atoms with E-state index in [4.69, 9.17) is 14.6 Å². The monoisotopic (exact) mass is 524 g/mol. The van der Waals surface area contributed by atoms with E-state index in [1.807, 2.05) is 85.8 Å². The summed E-state index contributed by atoms with van der Waals surface area (Å²) in [5.41, 5.74) is 7.58. The Morgan fingerprint density at radius 3 is 2.03 bits per heavy atom. The molecule has 4 aromatic carbocycles. The highest BCUT2D eigenvalue weighted by Gasteiger charge is 2.10. The van der Waals surface area contributed by atoms with Crippen molar-refractivity contribution in [2.24, 2.45) is 0 Å². The molecule has 0 saturated carbocycles. The molecule has 0 aliphatic rings. The fourth-order valence-corrected chi connectivity index (χ4v) is 4.26. The summed E-state index contributed by atoms with van der Waals surface area (Å²) in [5, 5.41) is 9.00. The van der Waals surface area contributed by atoms with Gasteiger partial charge in [-0.3, -0.25) is 0 Å². The van der Waals surface area contributed by atoms with Crippen LogP contribution in [-0.4, -0.2) is 30.9 Å². The first-order valence-electron chi connectivity index (χ1n) is 13.0. The number of aliphatic hydroxyl groups excluding tert-OH is 1. The van der Waals surface area contributed by atoms with E-state index in [9.17, 15) is 4.79 Å². The molecule has 1 N–H and O–H groups in total. The van der Waals surface area contributed by atoms with Gasteiger partial charge in [0.2, 0.25) is 0 Å². The SMILES string of the molecule is C=C(C)C(=O)OCCOc1cc(-c2ccc(-c3ccc(-c4ccc(CCCO)cc4)c(F)c3)cc2)ccc1C. The normalized spacial score (nSPS) is 10.8. The summed E-state index contributed by atoms with van der Waals surface area (Å²) in [6.07, 6.45) is 1.52. The van der Waals surface area contributed by atoms with Gasteiger partial charge in [-0.15, -0.1) is 0 Å². The van der Waals surface area contributed by atoms with Gasteiger partial charge in [-0.05, 0) is 77.8 Å². The van der Waals surface area contributed by atoms with Crippen LogP contribution in [0.5, 0.6) is 5.75 Å². The van der Waals surface area contributed by atoms with Gasteiger partial charge in [0.25, 0.3) is 0 Å². The van der Waals surface area contributed by atoms with Crippen molar-refractivity contribution < 1.29 is 23.8 Å². The molecule has 4 rings (SSSR count). The Morgan fingerprint density at radius 2 is 1.41 bits per heavy atom. The van der Waals surface area contributed by atoms with E-state index in [0.29, 0.717) is 11.1 Å². The molecule has 0 aliphatic heterocycles. The molecule has 0 bridgehead atoms. The van der Waals surface area contributed by atoms with Crippen LogP contribution < -0.4 is 4.74 Å². The van der Waals surface area contributed by atoms with Crippen LogP contribution in [0.4, 0.5) is 4.39 Å². The van der Waals surface area contributed by atoms with Crippen molar-refractivity contribution in [3.8, 4) is 39.1 Å². The zero-order valence-electron chi connectivity index (χ0n) is 22.4. The molecule has 0 fully saturated rings. The van der Waals surface area contributed by atoms with Gasteiger partial charge < -0.3 is 14.6 Å². The summed E-state index contributed by atoms with van der Waals surface area (Å²) in [4.78, 5) is 11.5. The predicted octanol–water partition coefficient (Wildman–Crippen LogP) is 7.56. The number of hydrogen-bond donors (Lipinski definition) is 1. The number of aliphatic hydroxyl groups is 1. The standard InChI is InChI=1S/C34H33FO4/c1-23(2)34(37)39-20-19-38-33-22-30(9-6-24(33)3)27-14-12-26(13-15-27)29-16-17-31(32(35)21-29)28-10-7-25(8-11-28)5-4-18-36/h6-17,21-22,36H,1,4-5,18-20H2,2-3H3. The van der Waals surface area contributed by atoms with Crippen molar-refractivity contribution in [3.63, 3.8) is 0 Å². The van der Waals surface area contributed by atoms with Crippen molar-refractivity contribution in [3.05, 3.63) is 114 Å². The number of esters is 1. The quantitative estimate of drug-likeness (QED) is 0.125. The minimum absolute atomic E-state index is 0.148. The first-order valence-corrected chi connectivity index (χ1v) is 13.0. The Morgan fingerprint density at radius 1 is 0.821 bits per heavy atom. The largest absolute Gasteiger partial charge is 0.490 e. The summed E-state index contributed by atoms with van der Waals surface area (Å²) in [6, 6.07) is 27.1. The Labute approximate surface area is 229 Å². The third-order valence-electron chi connectivity index (χ3n) is 6.52. The van der Waals surface area contributed by atoms with Gasteiger partial charge >= 0.3 is 5.97 Å². The molecule has 0 unspecified atom stereocenters. The Hall–Kier alpha value is -4.22. The number of rotatable bonds is 11. The lowest BCUT2D eigenvalue weighted by atomic mass is 9.96. The van der Waals surface area contributed by atoms with Crippen molar-refractivity contribution >= 4 is 5.97 Å². The second kappa shape index (κ2) is 13.0. The second-order valence-electron chi connectivity index (χ2n) is 9.54.